The van der Waals surface area contributed by atoms with Crippen LogP contribution in [0, 0.1) is 12.8 Å². The van der Waals surface area contributed by atoms with Crippen molar-refractivity contribution in [2.24, 2.45) is 10.9 Å². The summed E-state index contributed by atoms with van der Waals surface area (Å²) in [6.07, 6.45) is 6.89. The Kier molecular flexibility index (Phi) is 7.75. The third kappa shape index (κ3) is 5.55. The highest BCUT2D eigenvalue weighted by Crippen LogP contribution is 2.34. The van der Waals surface area contributed by atoms with Crippen LogP contribution in [-0.4, -0.2) is 60.8 Å². The molecule has 0 aromatic carbocycles. The van der Waals surface area contributed by atoms with Gasteiger partial charge in [0.15, 0.2) is 5.96 Å². The van der Waals surface area contributed by atoms with Gasteiger partial charge in [0.25, 0.3) is 0 Å². The zero-order valence-electron chi connectivity index (χ0n) is 16.3. The van der Waals surface area contributed by atoms with Crippen LogP contribution >= 0.6 is 35.3 Å². The molecule has 0 aliphatic carbocycles. The molecule has 1 aromatic rings. The number of guanidine groups is 1. The summed E-state index contributed by atoms with van der Waals surface area (Å²) in [4.78, 5) is 11.5. The highest BCUT2D eigenvalue weighted by Gasteiger charge is 2.41. The Labute approximate surface area is 183 Å². The number of aryl methyl sites for hydroxylation is 1. The van der Waals surface area contributed by atoms with Crippen LogP contribution in [0.3, 0.4) is 0 Å². The summed E-state index contributed by atoms with van der Waals surface area (Å²) in [6.45, 7) is 6.41. The molecular formula is C19H32IN5OS. The molecule has 3 saturated heterocycles. The van der Waals surface area contributed by atoms with Crippen LogP contribution in [-0.2, 0) is 11.3 Å². The molecule has 6 nitrogen and oxygen atoms in total. The van der Waals surface area contributed by atoms with E-state index in [4.69, 9.17) is 4.74 Å². The Morgan fingerprint density at radius 2 is 2.15 bits per heavy atom. The van der Waals surface area contributed by atoms with Crippen LogP contribution in [0.25, 0.3) is 0 Å². The van der Waals surface area contributed by atoms with E-state index in [0.29, 0.717) is 18.2 Å². The topological polar surface area (TPSA) is 61.8 Å². The van der Waals surface area contributed by atoms with Crippen LogP contribution in [0.5, 0.6) is 0 Å². The molecule has 4 rings (SSSR count). The van der Waals surface area contributed by atoms with Crippen LogP contribution in [0.4, 0.5) is 0 Å². The van der Waals surface area contributed by atoms with Crippen LogP contribution in [0.1, 0.15) is 42.8 Å². The number of likely N-dealkylation sites (tertiary alicyclic amines) is 1. The minimum atomic E-state index is 0. The van der Waals surface area contributed by atoms with Gasteiger partial charge < -0.3 is 15.4 Å². The Bertz CT molecular complexity index is 631. The fourth-order valence-electron chi connectivity index (χ4n) is 4.46. The summed E-state index contributed by atoms with van der Waals surface area (Å²) in [5.41, 5.74) is 1.22. The summed E-state index contributed by atoms with van der Waals surface area (Å²) in [5.74, 6) is 1.66. The van der Waals surface area contributed by atoms with E-state index in [1.807, 2.05) is 7.05 Å². The Morgan fingerprint density at radius 3 is 2.74 bits per heavy atom. The summed E-state index contributed by atoms with van der Waals surface area (Å²) >= 11 is 1.75. The number of hydrogen-bond donors (Lipinski definition) is 2. The third-order valence-electron chi connectivity index (χ3n) is 5.97. The Balaban J connectivity index is 0.00000210. The molecule has 3 unspecified atom stereocenters. The molecule has 4 heterocycles. The molecule has 1 aromatic heterocycles. The molecule has 27 heavy (non-hydrogen) atoms. The Hall–Kier alpha value is -0.450. The van der Waals surface area contributed by atoms with Gasteiger partial charge in [0.05, 0.1) is 29.0 Å². The van der Waals surface area contributed by atoms with Crippen LogP contribution < -0.4 is 10.6 Å². The number of nitrogens with one attached hydrogen (secondary N) is 2. The second-order valence-electron chi connectivity index (χ2n) is 7.89. The number of aromatic nitrogens is 1. The number of nitrogens with zero attached hydrogens (tertiary/aromatic N) is 3. The monoisotopic (exact) mass is 505 g/mol. The first-order valence-electron chi connectivity index (χ1n) is 9.95. The second kappa shape index (κ2) is 9.84. The molecule has 2 N–H and O–H groups in total. The summed E-state index contributed by atoms with van der Waals surface area (Å²) in [6, 6.07) is 0.434. The fourth-order valence-corrected chi connectivity index (χ4v) is 5.06. The van der Waals surface area contributed by atoms with Gasteiger partial charge in [0.2, 0.25) is 0 Å². The van der Waals surface area contributed by atoms with Crippen molar-refractivity contribution in [2.75, 3.05) is 26.7 Å². The highest BCUT2D eigenvalue weighted by atomic mass is 127. The average Bonchev–Trinajstić information content (AvgIpc) is 3.37. The van der Waals surface area contributed by atoms with Gasteiger partial charge in [-0.2, -0.15) is 0 Å². The third-order valence-corrected chi connectivity index (χ3v) is 6.79. The van der Waals surface area contributed by atoms with Gasteiger partial charge in [-0.1, -0.05) is 0 Å². The van der Waals surface area contributed by atoms with E-state index in [9.17, 15) is 0 Å². The van der Waals surface area contributed by atoms with Gasteiger partial charge in [0.1, 0.15) is 0 Å². The zero-order valence-corrected chi connectivity index (χ0v) is 19.5. The number of aliphatic imine (C=N–C) groups is 1. The van der Waals surface area contributed by atoms with Crippen molar-refractivity contribution in [3.8, 4) is 0 Å². The predicted octanol–water partition coefficient (Wildman–Crippen LogP) is 2.77. The second-order valence-corrected chi connectivity index (χ2v) is 8.95. The lowest BCUT2D eigenvalue weighted by atomic mass is 9.95. The van der Waals surface area contributed by atoms with Crippen molar-refractivity contribution in [3.63, 3.8) is 0 Å². The van der Waals surface area contributed by atoms with Gasteiger partial charge in [-0.3, -0.25) is 9.89 Å². The normalized spacial score (nSPS) is 29.0. The lowest BCUT2D eigenvalue weighted by molar-refractivity contribution is 0.0992. The molecule has 3 aliphatic heterocycles. The summed E-state index contributed by atoms with van der Waals surface area (Å²) in [5, 5.41) is 10.5. The first kappa shape index (κ1) is 21.3. The molecule has 0 amide bonds. The number of fused-ring (bicyclic) bond motifs is 2. The number of piperidine rings is 1. The van der Waals surface area contributed by atoms with E-state index < -0.39 is 0 Å². The van der Waals surface area contributed by atoms with E-state index in [-0.39, 0.29) is 24.0 Å². The zero-order chi connectivity index (χ0) is 17.9. The van der Waals surface area contributed by atoms with Gasteiger partial charge in [-0.15, -0.1) is 35.3 Å². The molecule has 3 fully saturated rings. The molecule has 0 radical (unpaired) electrons. The number of thiazole rings is 1. The van der Waals surface area contributed by atoms with Crippen LogP contribution in [0.2, 0.25) is 0 Å². The SMILES string of the molecule is CN=C(NCC1CCN(Cc2csc(C)n2)CC1)NC1CC2CCC1O2.I. The number of halogens is 1. The largest absolute Gasteiger partial charge is 0.373 e. The molecule has 152 valence electrons. The lowest BCUT2D eigenvalue weighted by Crippen LogP contribution is -2.49. The molecule has 0 spiro atoms. The maximum atomic E-state index is 5.93. The maximum absolute atomic E-state index is 5.93. The number of rotatable bonds is 5. The maximum Gasteiger partial charge on any atom is 0.191 e. The van der Waals surface area contributed by atoms with Gasteiger partial charge in [-0.25, -0.2) is 4.98 Å². The smallest absolute Gasteiger partial charge is 0.191 e. The van der Waals surface area contributed by atoms with Crippen LogP contribution in [0.15, 0.2) is 10.4 Å². The predicted molar refractivity (Wildman–Crippen MR) is 121 cm³/mol. The van der Waals surface area contributed by atoms with Crippen molar-refractivity contribution >= 4 is 41.3 Å². The van der Waals surface area contributed by atoms with Gasteiger partial charge >= 0.3 is 0 Å². The average molecular weight is 505 g/mol. The molecule has 8 heteroatoms. The number of ether oxygens (including phenoxy) is 1. The van der Waals surface area contributed by atoms with Crippen molar-refractivity contribution in [3.05, 3.63) is 16.1 Å². The lowest BCUT2D eigenvalue weighted by Gasteiger charge is -2.32. The van der Waals surface area contributed by atoms with E-state index in [1.54, 1.807) is 11.3 Å². The van der Waals surface area contributed by atoms with E-state index in [2.05, 4.69) is 37.8 Å². The fraction of sp³-hybridized carbons (Fsp3) is 0.789. The van der Waals surface area contributed by atoms with Crippen molar-refractivity contribution < 1.29 is 4.74 Å². The number of hydrogen-bond acceptors (Lipinski definition) is 5. The minimum Gasteiger partial charge on any atom is -0.373 e. The van der Waals surface area contributed by atoms with Gasteiger partial charge in [-0.05, 0) is 58.0 Å². The molecule has 3 atom stereocenters. The summed E-state index contributed by atoms with van der Waals surface area (Å²) < 4.78 is 5.93. The first-order valence-corrected chi connectivity index (χ1v) is 10.8. The van der Waals surface area contributed by atoms with E-state index in [1.165, 1.54) is 36.4 Å². The molecular weight excluding hydrogens is 473 g/mol. The molecule has 3 aliphatic rings. The van der Waals surface area contributed by atoms with E-state index in [0.717, 1.165) is 44.5 Å². The highest BCUT2D eigenvalue weighted by molar-refractivity contribution is 14.0. The first-order chi connectivity index (χ1) is 12.7. The molecule has 0 saturated carbocycles. The van der Waals surface area contributed by atoms with Crippen molar-refractivity contribution in [2.45, 2.75) is 63.8 Å². The quantitative estimate of drug-likeness (QED) is 0.366. The summed E-state index contributed by atoms with van der Waals surface area (Å²) in [7, 11) is 1.86. The van der Waals surface area contributed by atoms with Crippen molar-refractivity contribution in [1.29, 1.82) is 0 Å². The van der Waals surface area contributed by atoms with Gasteiger partial charge in [0, 0.05) is 25.5 Å². The Morgan fingerprint density at radius 1 is 1.33 bits per heavy atom. The van der Waals surface area contributed by atoms with E-state index >= 15 is 0 Å². The molecule has 2 bridgehead atoms. The minimum absolute atomic E-state index is 0. The standard InChI is InChI=1S/C19H31N5OS.HI/c1-13-22-15(12-26-13)11-24-7-5-14(6-8-24)10-21-19(20-2)23-17-9-16-3-4-18(17)25-16;/h12,14,16-18H,3-11H2,1-2H3,(H2,20,21,23);1H. The van der Waals surface area contributed by atoms with Crippen molar-refractivity contribution in [1.82, 2.24) is 20.5 Å².